The largest absolute Gasteiger partial charge is 0.495 e. The molecule has 1 rings (SSSR count). The van der Waals surface area contributed by atoms with Gasteiger partial charge in [0, 0.05) is 12.7 Å². The fourth-order valence-corrected chi connectivity index (χ4v) is 1.63. The smallest absolute Gasteiger partial charge is 0.263 e. The molecule has 0 saturated carbocycles. The van der Waals surface area contributed by atoms with E-state index in [-0.39, 0.29) is 11.5 Å². The molecular formula is C16H21N3O2. The van der Waals surface area contributed by atoms with Crippen molar-refractivity contribution in [3.05, 3.63) is 35.5 Å². The Kier molecular flexibility index (Phi) is 6.28. The first kappa shape index (κ1) is 16.6. The van der Waals surface area contributed by atoms with Crippen LogP contribution in [0.3, 0.4) is 0 Å². The van der Waals surface area contributed by atoms with Crippen LogP contribution in [0.2, 0.25) is 0 Å². The van der Waals surface area contributed by atoms with E-state index in [1.165, 1.54) is 6.20 Å². The molecule has 0 radical (unpaired) electrons. The lowest BCUT2D eigenvalue weighted by molar-refractivity contribution is -0.117. The predicted molar refractivity (Wildman–Crippen MR) is 82.9 cm³/mol. The van der Waals surface area contributed by atoms with Crippen LogP contribution in [0.1, 0.15) is 19.4 Å². The van der Waals surface area contributed by atoms with Crippen molar-refractivity contribution >= 4 is 11.6 Å². The highest BCUT2D eigenvalue weighted by Gasteiger charge is 2.09. The lowest BCUT2D eigenvalue weighted by atomic mass is 10.2. The van der Waals surface area contributed by atoms with Gasteiger partial charge in [0.05, 0.1) is 12.8 Å². The highest BCUT2D eigenvalue weighted by atomic mass is 16.5. The van der Waals surface area contributed by atoms with E-state index in [9.17, 15) is 4.79 Å². The minimum absolute atomic E-state index is 0.0270. The summed E-state index contributed by atoms with van der Waals surface area (Å²) in [6.45, 7) is 6.47. The molecule has 0 heterocycles. The number of nitrogens with zero attached hydrogens (tertiary/aromatic N) is 1. The van der Waals surface area contributed by atoms with Crippen molar-refractivity contribution in [1.29, 1.82) is 5.26 Å². The molecule has 0 spiro atoms. The fourth-order valence-electron chi connectivity index (χ4n) is 1.63. The summed E-state index contributed by atoms with van der Waals surface area (Å²) in [4.78, 5) is 11.8. The van der Waals surface area contributed by atoms with Crippen LogP contribution in [0.5, 0.6) is 5.75 Å². The second kappa shape index (κ2) is 7.95. The van der Waals surface area contributed by atoms with Gasteiger partial charge in [-0.25, -0.2) is 0 Å². The molecule has 0 aliphatic carbocycles. The highest BCUT2D eigenvalue weighted by molar-refractivity contribution is 5.97. The van der Waals surface area contributed by atoms with Gasteiger partial charge in [-0.2, -0.15) is 5.26 Å². The third-order valence-electron chi connectivity index (χ3n) is 2.76. The van der Waals surface area contributed by atoms with Crippen LogP contribution >= 0.6 is 0 Å². The normalized spacial score (nSPS) is 11.0. The number of nitriles is 1. The SMILES string of the molecule is COc1ccc(C)cc1N/C=C(/C#N)C(=O)NCC(C)C. The zero-order valence-electron chi connectivity index (χ0n) is 12.9. The Morgan fingerprint density at radius 2 is 2.19 bits per heavy atom. The number of hydrogen-bond acceptors (Lipinski definition) is 4. The number of ether oxygens (including phenoxy) is 1. The first-order valence-electron chi connectivity index (χ1n) is 6.77. The number of hydrogen-bond donors (Lipinski definition) is 2. The van der Waals surface area contributed by atoms with Crippen molar-refractivity contribution < 1.29 is 9.53 Å². The maximum Gasteiger partial charge on any atom is 0.263 e. The number of anilines is 1. The lowest BCUT2D eigenvalue weighted by Crippen LogP contribution is -2.28. The van der Waals surface area contributed by atoms with Gasteiger partial charge in [-0.1, -0.05) is 19.9 Å². The molecule has 0 aliphatic heterocycles. The second-order valence-electron chi connectivity index (χ2n) is 5.12. The summed E-state index contributed by atoms with van der Waals surface area (Å²) in [6, 6.07) is 7.53. The van der Waals surface area contributed by atoms with Crippen molar-refractivity contribution in [3.8, 4) is 11.8 Å². The molecule has 0 atom stereocenters. The molecule has 21 heavy (non-hydrogen) atoms. The molecule has 0 bridgehead atoms. The Labute approximate surface area is 125 Å². The number of carbonyl (C=O) groups is 1. The molecule has 0 saturated heterocycles. The molecular weight excluding hydrogens is 266 g/mol. The van der Waals surface area contributed by atoms with Crippen LogP contribution in [0.25, 0.3) is 0 Å². The van der Waals surface area contributed by atoms with Crippen LogP contribution in [-0.2, 0) is 4.79 Å². The van der Waals surface area contributed by atoms with Gasteiger partial charge in [0.15, 0.2) is 0 Å². The van der Waals surface area contributed by atoms with Crippen LogP contribution in [0.4, 0.5) is 5.69 Å². The molecule has 1 aromatic carbocycles. The minimum Gasteiger partial charge on any atom is -0.495 e. The lowest BCUT2D eigenvalue weighted by Gasteiger charge is -2.10. The summed E-state index contributed by atoms with van der Waals surface area (Å²) in [5, 5.41) is 14.7. The minimum atomic E-state index is -0.384. The topological polar surface area (TPSA) is 74.1 Å². The van der Waals surface area contributed by atoms with Gasteiger partial charge in [0.25, 0.3) is 5.91 Å². The number of carbonyl (C=O) groups excluding carboxylic acids is 1. The van der Waals surface area contributed by atoms with Crippen LogP contribution in [-0.4, -0.2) is 19.6 Å². The highest BCUT2D eigenvalue weighted by Crippen LogP contribution is 2.25. The molecule has 0 fully saturated rings. The summed E-state index contributed by atoms with van der Waals surface area (Å²) in [5.74, 6) is 0.598. The zero-order valence-corrected chi connectivity index (χ0v) is 12.9. The third-order valence-corrected chi connectivity index (χ3v) is 2.76. The molecule has 2 N–H and O–H groups in total. The Hall–Kier alpha value is -2.48. The summed E-state index contributed by atoms with van der Waals surface area (Å²) < 4.78 is 5.23. The van der Waals surface area contributed by atoms with Gasteiger partial charge in [-0.05, 0) is 30.5 Å². The molecule has 5 heteroatoms. The second-order valence-corrected chi connectivity index (χ2v) is 5.12. The number of benzene rings is 1. The first-order chi connectivity index (χ1) is 9.97. The van der Waals surface area contributed by atoms with Gasteiger partial charge in [-0.15, -0.1) is 0 Å². The number of amides is 1. The van der Waals surface area contributed by atoms with E-state index in [2.05, 4.69) is 10.6 Å². The average Bonchev–Trinajstić information content (AvgIpc) is 2.45. The Bertz CT molecular complexity index is 571. The fraction of sp³-hybridized carbons (Fsp3) is 0.375. The van der Waals surface area contributed by atoms with Crippen LogP contribution in [0, 0.1) is 24.2 Å². The molecule has 5 nitrogen and oxygen atoms in total. The van der Waals surface area contributed by atoms with Crippen molar-refractivity contribution in [2.24, 2.45) is 5.92 Å². The number of nitrogens with one attached hydrogen (secondary N) is 2. The van der Waals surface area contributed by atoms with E-state index in [4.69, 9.17) is 10.00 Å². The molecule has 0 aliphatic rings. The Morgan fingerprint density at radius 1 is 1.48 bits per heavy atom. The van der Waals surface area contributed by atoms with Crippen LogP contribution < -0.4 is 15.4 Å². The monoisotopic (exact) mass is 287 g/mol. The van der Waals surface area contributed by atoms with E-state index < -0.39 is 0 Å². The third kappa shape index (κ3) is 5.19. The summed E-state index contributed by atoms with van der Waals surface area (Å²) in [6.07, 6.45) is 1.40. The summed E-state index contributed by atoms with van der Waals surface area (Å²) >= 11 is 0. The zero-order chi connectivity index (χ0) is 15.8. The van der Waals surface area contributed by atoms with Crippen molar-refractivity contribution in [2.75, 3.05) is 19.0 Å². The quantitative estimate of drug-likeness (QED) is 0.623. The van der Waals surface area contributed by atoms with Gasteiger partial charge >= 0.3 is 0 Å². The molecule has 1 aromatic rings. The maximum absolute atomic E-state index is 11.8. The number of methoxy groups -OCH3 is 1. The first-order valence-corrected chi connectivity index (χ1v) is 6.77. The maximum atomic E-state index is 11.8. The number of aryl methyl sites for hydroxylation is 1. The van der Waals surface area contributed by atoms with Crippen molar-refractivity contribution in [1.82, 2.24) is 5.32 Å². The van der Waals surface area contributed by atoms with E-state index in [1.807, 2.05) is 45.0 Å². The predicted octanol–water partition coefficient (Wildman–Crippen LogP) is 2.60. The van der Waals surface area contributed by atoms with Crippen molar-refractivity contribution in [2.45, 2.75) is 20.8 Å². The number of rotatable bonds is 6. The van der Waals surface area contributed by atoms with E-state index in [0.29, 0.717) is 23.9 Å². The summed E-state index contributed by atoms with van der Waals surface area (Å²) in [5.41, 5.74) is 1.79. The molecule has 1 amide bonds. The Morgan fingerprint density at radius 3 is 2.76 bits per heavy atom. The van der Waals surface area contributed by atoms with Gasteiger partial charge in [-0.3, -0.25) is 4.79 Å². The molecule has 0 aromatic heterocycles. The van der Waals surface area contributed by atoms with Gasteiger partial charge in [0.1, 0.15) is 17.4 Å². The van der Waals surface area contributed by atoms with Crippen molar-refractivity contribution in [3.63, 3.8) is 0 Å². The van der Waals surface area contributed by atoms with Crippen LogP contribution in [0.15, 0.2) is 30.0 Å². The molecule has 0 unspecified atom stereocenters. The van der Waals surface area contributed by atoms with E-state index in [0.717, 1.165) is 5.56 Å². The van der Waals surface area contributed by atoms with E-state index >= 15 is 0 Å². The summed E-state index contributed by atoms with van der Waals surface area (Å²) in [7, 11) is 1.57. The molecule has 112 valence electrons. The van der Waals surface area contributed by atoms with Gasteiger partial charge < -0.3 is 15.4 Å². The van der Waals surface area contributed by atoms with Gasteiger partial charge in [0.2, 0.25) is 0 Å². The Balaban J connectivity index is 2.84. The standard InChI is InChI=1S/C16H21N3O2/c1-11(2)9-19-16(20)13(8-17)10-18-14-7-12(3)5-6-15(14)21-4/h5-7,10-11,18H,9H2,1-4H3,(H,19,20)/b13-10-. The van der Waals surface area contributed by atoms with E-state index in [1.54, 1.807) is 7.11 Å². The average molecular weight is 287 g/mol.